The molecule has 5 heteroatoms. The second-order valence-electron chi connectivity index (χ2n) is 3.36. The van der Waals surface area contributed by atoms with Gasteiger partial charge in [-0.2, -0.15) is 0 Å². The van der Waals surface area contributed by atoms with Gasteiger partial charge in [0.1, 0.15) is 5.82 Å². The number of hydrogen-bond acceptors (Lipinski definition) is 5. The molecule has 0 radical (unpaired) electrons. The molecule has 90 valence electrons. The predicted molar refractivity (Wildman–Crippen MR) is 64.8 cm³/mol. The van der Waals surface area contributed by atoms with Crippen LogP contribution in [0.5, 0.6) is 0 Å². The summed E-state index contributed by atoms with van der Waals surface area (Å²) in [5.41, 5.74) is 0.953. The number of nitrogens with one attached hydrogen (secondary N) is 1. The Labute approximate surface area is 95.7 Å². The standard InChI is InChI=1S/C11H19N3O2/c1-2-12-11-9-10(3-4-13-11)14(5-7-15)6-8-16/h3-4,9,15-16H,2,5-8H2,1H3,(H,12,13). The van der Waals surface area contributed by atoms with E-state index in [1.165, 1.54) is 0 Å². The van der Waals surface area contributed by atoms with Crippen molar-refractivity contribution in [3.8, 4) is 0 Å². The highest BCUT2D eigenvalue weighted by molar-refractivity contribution is 5.53. The molecule has 0 saturated carbocycles. The molecular weight excluding hydrogens is 206 g/mol. The Morgan fingerprint density at radius 3 is 2.56 bits per heavy atom. The summed E-state index contributed by atoms with van der Waals surface area (Å²) in [6, 6.07) is 3.78. The van der Waals surface area contributed by atoms with Crippen molar-refractivity contribution < 1.29 is 10.2 Å². The largest absolute Gasteiger partial charge is 0.395 e. The van der Waals surface area contributed by atoms with E-state index in [0.717, 1.165) is 18.1 Å². The molecule has 0 saturated heterocycles. The van der Waals surface area contributed by atoms with Gasteiger partial charge in [0.25, 0.3) is 0 Å². The predicted octanol–water partition coefficient (Wildman–Crippen LogP) is 0.304. The molecule has 0 aliphatic rings. The average molecular weight is 225 g/mol. The smallest absolute Gasteiger partial charge is 0.127 e. The van der Waals surface area contributed by atoms with Gasteiger partial charge in [0.05, 0.1) is 13.2 Å². The third-order valence-electron chi connectivity index (χ3n) is 2.21. The lowest BCUT2D eigenvalue weighted by atomic mass is 10.3. The van der Waals surface area contributed by atoms with E-state index in [4.69, 9.17) is 10.2 Å². The van der Waals surface area contributed by atoms with Gasteiger partial charge < -0.3 is 20.4 Å². The van der Waals surface area contributed by atoms with Crippen molar-refractivity contribution in [3.05, 3.63) is 18.3 Å². The quantitative estimate of drug-likeness (QED) is 0.623. The Hall–Kier alpha value is -1.33. The van der Waals surface area contributed by atoms with Crippen LogP contribution >= 0.6 is 0 Å². The molecule has 0 unspecified atom stereocenters. The molecule has 0 bridgehead atoms. The van der Waals surface area contributed by atoms with Crippen LogP contribution in [-0.4, -0.2) is 48.0 Å². The number of anilines is 2. The summed E-state index contributed by atoms with van der Waals surface area (Å²) in [6.07, 6.45) is 1.72. The summed E-state index contributed by atoms with van der Waals surface area (Å²) in [7, 11) is 0. The Bertz CT molecular complexity index is 301. The van der Waals surface area contributed by atoms with E-state index in [1.807, 2.05) is 24.0 Å². The molecule has 1 rings (SSSR count). The SMILES string of the molecule is CCNc1cc(N(CCO)CCO)ccn1. The van der Waals surface area contributed by atoms with Gasteiger partial charge in [0, 0.05) is 37.6 Å². The number of aliphatic hydroxyl groups excluding tert-OH is 2. The lowest BCUT2D eigenvalue weighted by molar-refractivity contribution is 0.281. The van der Waals surface area contributed by atoms with Crippen molar-refractivity contribution in [1.82, 2.24) is 4.98 Å². The van der Waals surface area contributed by atoms with Crippen molar-refractivity contribution in [2.75, 3.05) is 43.1 Å². The van der Waals surface area contributed by atoms with Gasteiger partial charge >= 0.3 is 0 Å². The first-order valence-corrected chi connectivity index (χ1v) is 5.48. The summed E-state index contributed by atoms with van der Waals surface area (Å²) < 4.78 is 0. The molecule has 0 fully saturated rings. The fraction of sp³-hybridized carbons (Fsp3) is 0.545. The van der Waals surface area contributed by atoms with Crippen molar-refractivity contribution in [3.63, 3.8) is 0 Å². The number of pyridine rings is 1. The zero-order chi connectivity index (χ0) is 11.8. The fourth-order valence-corrected chi connectivity index (χ4v) is 1.51. The van der Waals surface area contributed by atoms with E-state index in [2.05, 4.69) is 10.3 Å². The Morgan fingerprint density at radius 1 is 1.31 bits per heavy atom. The van der Waals surface area contributed by atoms with Crippen LogP contribution in [0.1, 0.15) is 6.92 Å². The van der Waals surface area contributed by atoms with E-state index in [-0.39, 0.29) is 13.2 Å². The Morgan fingerprint density at radius 2 is 2.00 bits per heavy atom. The summed E-state index contributed by atoms with van der Waals surface area (Å²) in [5, 5.41) is 21.0. The monoisotopic (exact) mass is 225 g/mol. The minimum absolute atomic E-state index is 0.0683. The number of nitrogens with zero attached hydrogens (tertiary/aromatic N) is 2. The van der Waals surface area contributed by atoms with Crippen LogP contribution in [0.4, 0.5) is 11.5 Å². The third-order valence-corrected chi connectivity index (χ3v) is 2.21. The highest BCUT2D eigenvalue weighted by atomic mass is 16.3. The Balaban J connectivity index is 2.77. The first kappa shape index (κ1) is 12.7. The molecule has 0 amide bonds. The molecule has 0 spiro atoms. The van der Waals surface area contributed by atoms with Crippen molar-refractivity contribution in [2.24, 2.45) is 0 Å². The molecule has 0 aromatic carbocycles. The van der Waals surface area contributed by atoms with Crippen LogP contribution in [-0.2, 0) is 0 Å². The lowest BCUT2D eigenvalue weighted by Crippen LogP contribution is -2.29. The van der Waals surface area contributed by atoms with Crippen molar-refractivity contribution >= 4 is 11.5 Å². The molecule has 1 aromatic rings. The molecule has 16 heavy (non-hydrogen) atoms. The maximum atomic E-state index is 8.94. The number of rotatable bonds is 7. The minimum atomic E-state index is 0.0683. The Kier molecular flexibility index (Phi) is 5.60. The van der Waals surface area contributed by atoms with Gasteiger partial charge in [0.15, 0.2) is 0 Å². The molecule has 3 N–H and O–H groups in total. The van der Waals surface area contributed by atoms with E-state index in [0.29, 0.717) is 13.1 Å². The maximum Gasteiger partial charge on any atom is 0.127 e. The molecule has 0 atom stereocenters. The van der Waals surface area contributed by atoms with Crippen LogP contribution in [0.25, 0.3) is 0 Å². The van der Waals surface area contributed by atoms with E-state index >= 15 is 0 Å². The van der Waals surface area contributed by atoms with Crippen molar-refractivity contribution in [1.29, 1.82) is 0 Å². The minimum Gasteiger partial charge on any atom is -0.395 e. The van der Waals surface area contributed by atoms with Crippen LogP contribution in [0.3, 0.4) is 0 Å². The molecule has 0 aliphatic heterocycles. The highest BCUT2D eigenvalue weighted by Gasteiger charge is 2.05. The second kappa shape index (κ2) is 7.03. The fourth-order valence-electron chi connectivity index (χ4n) is 1.51. The number of hydrogen-bond donors (Lipinski definition) is 3. The van der Waals surface area contributed by atoms with E-state index in [9.17, 15) is 0 Å². The summed E-state index contributed by atoms with van der Waals surface area (Å²) in [6.45, 7) is 3.98. The zero-order valence-corrected chi connectivity index (χ0v) is 9.56. The van der Waals surface area contributed by atoms with Crippen LogP contribution < -0.4 is 10.2 Å². The molecule has 1 aromatic heterocycles. The number of aliphatic hydroxyl groups is 2. The highest BCUT2D eigenvalue weighted by Crippen LogP contribution is 2.16. The topological polar surface area (TPSA) is 68.6 Å². The van der Waals surface area contributed by atoms with Gasteiger partial charge in [-0.05, 0) is 13.0 Å². The summed E-state index contributed by atoms with van der Waals surface area (Å²) >= 11 is 0. The number of aromatic nitrogens is 1. The molecule has 0 aliphatic carbocycles. The van der Waals surface area contributed by atoms with Gasteiger partial charge in [-0.3, -0.25) is 0 Å². The van der Waals surface area contributed by atoms with Crippen LogP contribution in [0, 0.1) is 0 Å². The van der Waals surface area contributed by atoms with Gasteiger partial charge in [0.2, 0.25) is 0 Å². The van der Waals surface area contributed by atoms with E-state index in [1.54, 1.807) is 6.20 Å². The first-order valence-electron chi connectivity index (χ1n) is 5.48. The second-order valence-corrected chi connectivity index (χ2v) is 3.36. The average Bonchev–Trinajstić information content (AvgIpc) is 2.30. The van der Waals surface area contributed by atoms with Gasteiger partial charge in [-0.1, -0.05) is 0 Å². The maximum absolute atomic E-state index is 8.94. The van der Waals surface area contributed by atoms with E-state index < -0.39 is 0 Å². The zero-order valence-electron chi connectivity index (χ0n) is 9.56. The van der Waals surface area contributed by atoms with Crippen LogP contribution in [0.2, 0.25) is 0 Å². The molecule has 5 nitrogen and oxygen atoms in total. The molecule has 1 heterocycles. The lowest BCUT2D eigenvalue weighted by Gasteiger charge is -2.23. The summed E-state index contributed by atoms with van der Waals surface area (Å²) in [5.74, 6) is 0.806. The summed E-state index contributed by atoms with van der Waals surface area (Å²) in [4.78, 5) is 6.09. The first-order chi connectivity index (χ1) is 7.81. The third kappa shape index (κ3) is 3.67. The van der Waals surface area contributed by atoms with Crippen LogP contribution in [0.15, 0.2) is 18.3 Å². The van der Waals surface area contributed by atoms with Crippen molar-refractivity contribution in [2.45, 2.75) is 6.92 Å². The normalized spacial score (nSPS) is 10.2. The molecular formula is C11H19N3O2. The van der Waals surface area contributed by atoms with Gasteiger partial charge in [-0.25, -0.2) is 4.98 Å². The van der Waals surface area contributed by atoms with Gasteiger partial charge in [-0.15, -0.1) is 0 Å².